The summed E-state index contributed by atoms with van der Waals surface area (Å²) in [6.07, 6.45) is 3.68. The van der Waals surface area contributed by atoms with E-state index in [9.17, 15) is 18.4 Å². The van der Waals surface area contributed by atoms with E-state index >= 15 is 0 Å². The number of carbonyl (C=O) groups excluding carboxylic acids is 1. The van der Waals surface area contributed by atoms with Crippen molar-refractivity contribution in [1.82, 2.24) is 19.9 Å². The van der Waals surface area contributed by atoms with Crippen LogP contribution in [0.2, 0.25) is 0 Å². The summed E-state index contributed by atoms with van der Waals surface area (Å²) in [5, 5.41) is 2.67. The predicted octanol–water partition coefficient (Wildman–Crippen LogP) is 3.41. The lowest BCUT2D eigenvalue weighted by Gasteiger charge is -2.40. The number of aromatic nitrogens is 3. The molecule has 3 heterocycles. The average Bonchev–Trinajstić information content (AvgIpc) is 2.81. The molecule has 2 atom stereocenters. The average molecular weight is 455 g/mol. The summed E-state index contributed by atoms with van der Waals surface area (Å²) in [5.74, 6) is -3.35. The Morgan fingerprint density at radius 2 is 2.00 bits per heavy atom. The van der Waals surface area contributed by atoms with Crippen molar-refractivity contribution in [2.45, 2.75) is 31.2 Å². The lowest BCUT2D eigenvalue weighted by Crippen LogP contribution is -2.52. The molecule has 1 aromatic carbocycles. The third kappa shape index (κ3) is 5.40. The molecule has 1 amide bonds. The molecule has 0 aliphatic carbocycles. The first-order valence-corrected chi connectivity index (χ1v) is 10.5. The van der Waals surface area contributed by atoms with Crippen LogP contribution in [0.3, 0.4) is 0 Å². The number of nitrogens with zero attached hydrogens (tertiary/aromatic N) is 3. The highest BCUT2D eigenvalue weighted by atomic mass is 19.3. The predicted molar refractivity (Wildman–Crippen MR) is 118 cm³/mol. The maximum Gasteiger partial charge on any atom is 0.257 e. The summed E-state index contributed by atoms with van der Waals surface area (Å²) >= 11 is 0. The van der Waals surface area contributed by atoms with Gasteiger partial charge in [-0.3, -0.25) is 14.5 Å². The highest BCUT2D eigenvalue weighted by Crippen LogP contribution is 2.40. The number of anilines is 1. The Balaban J connectivity index is 1.39. The standard InChI is InChI=1S/C23H23F2N5O3/c1-15(30-10-9-23(24,25)18(14-30)16-7-8-20(31)27-11-16)22(32)29-19-12-28-21(13-26-19)33-17-5-3-2-4-6-17/h2-8,11-13,15,18H,9-10,14H2,1H3,(H,27,31)(H,26,29,32)/t15?,18-/m1/s1. The van der Waals surface area contributed by atoms with Crippen LogP contribution in [0, 0.1) is 0 Å². The van der Waals surface area contributed by atoms with E-state index < -0.39 is 17.9 Å². The number of carbonyl (C=O) groups is 1. The molecular formula is C23H23F2N5O3. The summed E-state index contributed by atoms with van der Waals surface area (Å²) in [5.41, 5.74) is -0.0273. The fourth-order valence-corrected chi connectivity index (χ4v) is 3.71. The molecule has 172 valence electrons. The summed E-state index contributed by atoms with van der Waals surface area (Å²) in [6, 6.07) is 11.0. The summed E-state index contributed by atoms with van der Waals surface area (Å²) in [4.78, 5) is 36.5. The van der Waals surface area contributed by atoms with Crippen LogP contribution in [0.5, 0.6) is 11.6 Å². The van der Waals surface area contributed by atoms with Crippen molar-refractivity contribution >= 4 is 11.7 Å². The van der Waals surface area contributed by atoms with E-state index in [-0.39, 0.29) is 42.7 Å². The van der Waals surface area contributed by atoms with E-state index in [2.05, 4.69) is 20.3 Å². The number of hydrogen-bond donors (Lipinski definition) is 2. The van der Waals surface area contributed by atoms with Crippen LogP contribution in [0.25, 0.3) is 0 Å². The first-order chi connectivity index (χ1) is 15.8. The number of amides is 1. The van der Waals surface area contributed by atoms with Gasteiger partial charge < -0.3 is 15.0 Å². The monoisotopic (exact) mass is 455 g/mol. The molecule has 2 aromatic heterocycles. The zero-order valence-electron chi connectivity index (χ0n) is 17.9. The largest absolute Gasteiger partial charge is 0.438 e. The Kier molecular flexibility index (Phi) is 6.45. The smallest absolute Gasteiger partial charge is 0.257 e. The van der Waals surface area contributed by atoms with E-state index in [1.54, 1.807) is 24.0 Å². The minimum atomic E-state index is -2.94. The highest BCUT2D eigenvalue weighted by molar-refractivity contribution is 5.93. The van der Waals surface area contributed by atoms with E-state index in [0.717, 1.165) is 0 Å². The lowest BCUT2D eigenvalue weighted by atomic mass is 9.87. The van der Waals surface area contributed by atoms with Crippen molar-refractivity contribution in [2.24, 2.45) is 0 Å². The van der Waals surface area contributed by atoms with Gasteiger partial charge in [0.2, 0.25) is 17.3 Å². The molecule has 1 saturated heterocycles. The fourth-order valence-electron chi connectivity index (χ4n) is 3.71. The van der Waals surface area contributed by atoms with Gasteiger partial charge in [0.1, 0.15) is 5.75 Å². The van der Waals surface area contributed by atoms with Gasteiger partial charge >= 0.3 is 0 Å². The molecule has 1 aliphatic rings. The van der Waals surface area contributed by atoms with E-state index in [0.29, 0.717) is 11.3 Å². The molecule has 2 N–H and O–H groups in total. The Labute approximate surface area is 188 Å². The number of pyridine rings is 1. The second-order valence-corrected chi connectivity index (χ2v) is 7.87. The van der Waals surface area contributed by atoms with Crippen LogP contribution in [0.4, 0.5) is 14.6 Å². The van der Waals surface area contributed by atoms with Gasteiger partial charge in [-0.1, -0.05) is 24.3 Å². The van der Waals surface area contributed by atoms with E-state index in [1.807, 2.05) is 18.2 Å². The van der Waals surface area contributed by atoms with Crippen LogP contribution in [-0.4, -0.2) is 50.8 Å². The maximum atomic E-state index is 14.6. The number of benzene rings is 1. The second-order valence-electron chi connectivity index (χ2n) is 7.87. The number of H-pyrrole nitrogens is 1. The molecule has 0 spiro atoms. The van der Waals surface area contributed by atoms with Gasteiger partial charge in [-0.15, -0.1) is 0 Å². The number of alkyl halides is 2. The van der Waals surface area contributed by atoms with Gasteiger partial charge in [0.05, 0.1) is 24.4 Å². The Bertz CT molecular complexity index is 1130. The molecule has 33 heavy (non-hydrogen) atoms. The van der Waals surface area contributed by atoms with Gasteiger partial charge in [-0.2, -0.15) is 0 Å². The molecule has 1 unspecified atom stereocenters. The molecule has 0 bridgehead atoms. The topological polar surface area (TPSA) is 100 Å². The number of ether oxygens (including phenoxy) is 1. The zero-order chi connectivity index (χ0) is 23.4. The first-order valence-electron chi connectivity index (χ1n) is 10.5. The Morgan fingerprint density at radius 3 is 2.67 bits per heavy atom. The number of likely N-dealkylation sites (tertiary alicyclic amines) is 1. The van der Waals surface area contributed by atoms with Crippen LogP contribution in [-0.2, 0) is 4.79 Å². The van der Waals surface area contributed by atoms with Crippen molar-refractivity contribution in [3.63, 3.8) is 0 Å². The molecule has 10 heteroatoms. The number of rotatable bonds is 6. The van der Waals surface area contributed by atoms with Crippen molar-refractivity contribution in [3.05, 3.63) is 77.0 Å². The van der Waals surface area contributed by atoms with Crippen LogP contribution in [0.15, 0.2) is 65.8 Å². The minimum absolute atomic E-state index is 0.0246. The maximum absolute atomic E-state index is 14.6. The van der Waals surface area contributed by atoms with Crippen molar-refractivity contribution in [1.29, 1.82) is 0 Å². The second kappa shape index (κ2) is 9.45. The first kappa shape index (κ1) is 22.5. The number of piperidine rings is 1. The van der Waals surface area contributed by atoms with Crippen molar-refractivity contribution in [2.75, 3.05) is 18.4 Å². The van der Waals surface area contributed by atoms with Crippen LogP contribution >= 0.6 is 0 Å². The normalized spacial score (nSPS) is 18.9. The number of para-hydroxylation sites is 1. The minimum Gasteiger partial charge on any atom is -0.438 e. The summed E-state index contributed by atoms with van der Waals surface area (Å²) in [6.45, 7) is 1.70. The quantitative estimate of drug-likeness (QED) is 0.591. The van der Waals surface area contributed by atoms with Gasteiger partial charge in [-0.25, -0.2) is 18.7 Å². The number of halogens is 2. The molecule has 0 radical (unpaired) electrons. The number of aromatic amines is 1. The fraction of sp³-hybridized carbons (Fsp3) is 0.304. The van der Waals surface area contributed by atoms with Crippen LogP contribution in [0.1, 0.15) is 24.8 Å². The molecule has 1 fully saturated rings. The zero-order valence-corrected chi connectivity index (χ0v) is 17.9. The van der Waals surface area contributed by atoms with Crippen molar-refractivity contribution < 1.29 is 18.3 Å². The Morgan fingerprint density at radius 1 is 1.21 bits per heavy atom. The van der Waals surface area contributed by atoms with Gasteiger partial charge in [0, 0.05) is 31.8 Å². The van der Waals surface area contributed by atoms with Crippen LogP contribution < -0.4 is 15.6 Å². The number of hydrogen-bond acceptors (Lipinski definition) is 6. The van der Waals surface area contributed by atoms with E-state index in [4.69, 9.17) is 4.74 Å². The lowest BCUT2D eigenvalue weighted by molar-refractivity contribution is -0.125. The van der Waals surface area contributed by atoms with Gasteiger partial charge in [0.25, 0.3) is 5.92 Å². The molecule has 8 nitrogen and oxygen atoms in total. The van der Waals surface area contributed by atoms with Gasteiger partial charge in [0.15, 0.2) is 5.82 Å². The molecule has 1 aliphatic heterocycles. The highest BCUT2D eigenvalue weighted by Gasteiger charge is 2.46. The van der Waals surface area contributed by atoms with Gasteiger partial charge in [-0.05, 0) is 24.6 Å². The summed E-state index contributed by atoms with van der Waals surface area (Å²) in [7, 11) is 0. The molecule has 3 aromatic rings. The third-order valence-electron chi connectivity index (χ3n) is 5.64. The molecular weight excluding hydrogens is 432 g/mol. The number of nitrogens with one attached hydrogen (secondary N) is 2. The SMILES string of the molecule is CC(C(=O)Nc1cnc(Oc2ccccc2)cn1)N1CCC(F)(F)[C@@H](c2ccc(=O)[nH]c2)C1. The third-order valence-corrected chi connectivity index (χ3v) is 5.64. The molecule has 4 rings (SSSR count). The Hall–Kier alpha value is -3.66. The molecule has 0 saturated carbocycles. The summed E-state index contributed by atoms with van der Waals surface area (Å²) < 4.78 is 34.7. The van der Waals surface area contributed by atoms with E-state index in [1.165, 1.54) is 30.7 Å². The van der Waals surface area contributed by atoms with Crippen molar-refractivity contribution in [3.8, 4) is 11.6 Å².